The van der Waals surface area contributed by atoms with Gasteiger partial charge in [-0.25, -0.2) is 9.67 Å². The van der Waals surface area contributed by atoms with E-state index in [0.29, 0.717) is 5.56 Å². The number of ketones is 1. The number of ether oxygens (including phenoxy) is 1. The van der Waals surface area contributed by atoms with Gasteiger partial charge in [0.05, 0.1) is 0 Å². The van der Waals surface area contributed by atoms with Crippen molar-refractivity contribution in [1.82, 2.24) is 14.8 Å². The standard InChI is InChI=1S/C16H16F3N3O2/c1-15(2,3)14(23)13(22-10-20-9-21-22)8-11-4-6-12(7-5-11)24-16(17,18)19/h4-10H,1-3H3. The van der Waals surface area contributed by atoms with Crippen molar-refractivity contribution in [2.45, 2.75) is 27.1 Å². The highest BCUT2D eigenvalue weighted by atomic mass is 19.4. The van der Waals surface area contributed by atoms with E-state index in [-0.39, 0.29) is 17.2 Å². The van der Waals surface area contributed by atoms with Crippen LogP contribution < -0.4 is 4.74 Å². The van der Waals surface area contributed by atoms with Crippen molar-refractivity contribution in [3.8, 4) is 5.75 Å². The minimum atomic E-state index is -4.74. The SMILES string of the molecule is CC(C)(C)C(=O)C(=Cc1ccc(OC(F)(F)F)cc1)n1cncn1. The normalized spacial score (nSPS) is 13.0. The lowest BCUT2D eigenvalue weighted by atomic mass is 9.88. The number of allylic oxidation sites excluding steroid dienone is 1. The average molecular weight is 339 g/mol. The largest absolute Gasteiger partial charge is 0.573 e. The van der Waals surface area contributed by atoms with Crippen LogP contribution in [0.2, 0.25) is 0 Å². The molecule has 0 saturated carbocycles. The molecule has 2 rings (SSSR count). The fourth-order valence-corrected chi connectivity index (χ4v) is 1.88. The van der Waals surface area contributed by atoms with Crippen LogP contribution in [0.25, 0.3) is 11.8 Å². The molecular formula is C16H16F3N3O2. The minimum absolute atomic E-state index is 0.177. The summed E-state index contributed by atoms with van der Waals surface area (Å²) in [5.41, 5.74) is 0.147. The van der Waals surface area contributed by atoms with Gasteiger partial charge >= 0.3 is 6.36 Å². The van der Waals surface area contributed by atoms with Gasteiger partial charge in [-0.15, -0.1) is 13.2 Å². The number of hydrogen-bond donors (Lipinski definition) is 0. The van der Waals surface area contributed by atoms with Crippen LogP contribution in [0.1, 0.15) is 26.3 Å². The van der Waals surface area contributed by atoms with E-state index in [2.05, 4.69) is 14.8 Å². The Morgan fingerprint density at radius 3 is 2.25 bits per heavy atom. The van der Waals surface area contributed by atoms with Crippen LogP contribution in [-0.2, 0) is 4.79 Å². The molecule has 0 amide bonds. The van der Waals surface area contributed by atoms with Crippen molar-refractivity contribution < 1.29 is 22.7 Å². The van der Waals surface area contributed by atoms with E-state index in [0.717, 1.165) is 0 Å². The Kier molecular flexibility index (Phi) is 4.77. The molecule has 1 heterocycles. The maximum atomic E-state index is 12.6. The highest BCUT2D eigenvalue weighted by Gasteiger charge is 2.31. The first-order valence-corrected chi connectivity index (χ1v) is 7.03. The van der Waals surface area contributed by atoms with Gasteiger partial charge in [-0.05, 0) is 23.8 Å². The molecule has 5 nitrogen and oxygen atoms in total. The lowest BCUT2D eigenvalue weighted by Gasteiger charge is -2.18. The number of benzene rings is 1. The minimum Gasteiger partial charge on any atom is -0.406 e. The van der Waals surface area contributed by atoms with Crippen LogP contribution in [-0.4, -0.2) is 26.9 Å². The molecule has 0 fully saturated rings. The third-order valence-electron chi connectivity index (χ3n) is 3.00. The molecule has 1 aromatic carbocycles. The van der Waals surface area contributed by atoms with E-state index >= 15 is 0 Å². The van der Waals surface area contributed by atoms with Gasteiger partial charge in [-0.2, -0.15) is 5.10 Å². The van der Waals surface area contributed by atoms with Crippen molar-refractivity contribution in [2.24, 2.45) is 5.41 Å². The van der Waals surface area contributed by atoms with Crippen LogP contribution in [0.5, 0.6) is 5.75 Å². The number of carbonyl (C=O) groups is 1. The van der Waals surface area contributed by atoms with Gasteiger partial charge in [0.25, 0.3) is 0 Å². The van der Waals surface area contributed by atoms with Crippen LogP contribution in [0.4, 0.5) is 13.2 Å². The zero-order valence-electron chi connectivity index (χ0n) is 13.3. The molecule has 0 aliphatic rings. The topological polar surface area (TPSA) is 57.0 Å². The quantitative estimate of drug-likeness (QED) is 0.795. The summed E-state index contributed by atoms with van der Waals surface area (Å²) < 4.78 is 41.7. The van der Waals surface area contributed by atoms with Crippen molar-refractivity contribution >= 4 is 17.6 Å². The van der Waals surface area contributed by atoms with Gasteiger partial charge in [0, 0.05) is 5.41 Å². The first-order chi connectivity index (χ1) is 11.1. The van der Waals surface area contributed by atoms with Crippen molar-refractivity contribution in [2.75, 3.05) is 0 Å². The number of aromatic nitrogens is 3. The lowest BCUT2D eigenvalue weighted by Crippen LogP contribution is -2.24. The maximum Gasteiger partial charge on any atom is 0.573 e. The number of halogens is 3. The summed E-state index contributed by atoms with van der Waals surface area (Å²) >= 11 is 0. The number of nitrogens with zero attached hydrogens (tertiary/aromatic N) is 3. The van der Waals surface area contributed by atoms with Gasteiger partial charge in [-0.3, -0.25) is 4.79 Å². The number of hydrogen-bond acceptors (Lipinski definition) is 4. The summed E-state index contributed by atoms with van der Waals surface area (Å²) in [5.74, 6) is -0.507. The molecule has 0 radical (unpaired) electrons. The average Bonchev–Trinajstić information content (AvgIpc) is 2.97. The van der Waals surface area contributed by atoms with E-state index in [9.17, 15) is 18.0 Å². The molecule has 0 saturated heterocycles. The van der Waals surface area contributed by atoms with Crippen LogP contribution >= 0.6 is 0 Å². The second kappa shape index (κ2) is 6.46. The van der Waals surface area contributed by atoms with Crippen LogP contribution in [0.3, 0.4) is 0 Å². The Labute approximate surface area is 136 Å². The van der Waals surface area contributed by atoms with Gasteiger partial charge in [-0.1, -0.05) is 32.9 Å². The van der Waals surface area contributed by atoms with Gasteiger partial charge in [0.2, 0.25) is 0 Å². The Morgan fingerprint density at radius 2 is 1.79 bits per heavy atom. The molecule has 0 spiro atoms. The van der Waals surface area contributed by atoms with E-state index in [1.165, 1.54) is 41.6 Å². The van der Waals surface area contributed by atoms with E-state index < -0.39 is 11.8 Å². The molecule has 8 heteroatoms. The fourth-order valence-electron chi connectivity index (χ4n) is 1.88. The van der Waals surface area contributed by atoms with E-state index in [1.54, 1.807) is 26.8 Å². The fraction of sp³-hybridized carbons (Fsp3) is 0.312. The number of Topliss-reactive ketones (excluding diaryl/α,β-unsaturated/α-hetero) is 1. The van der Waals surface area contributed by atoms with Crippen LogP contribution in [0.15, 0.2) is 36.9 Å². The molecule has 0 unspecified atom stereocenters. The first kappa shape index (κ1) is 17.7. The second-order valence-electron chi connectivity index (χ2n) is 6.07. The predicted octanol–water partition coefficient (Wildman–Crippen LogP) is 3.79. The molecule has 0 N–H and O–H groups in total. The third kappa shape index (κ3) is 4.68. The Balaban J connectivity index is 2.35. The monoisotopic (exact) mass is 339 g/mol. The summed E-state index contributed by atoms with van der Waals surface area (Å²) in [7, 11) is 0. The Hall–Kier alpha value is -2.64. The highest BCUT2D eigenvalue weighted by Crippen LogP contribution is 2.26. The van der Waals surface area contributed by atoms with Gasteiger partial charge in [0.15, 0.2) is 5.78 Å². The zero-order valence-corrected chi connectivity index (χ0v) is 13.3. The Bertz CT molecular complexity index is 727. The van der Waals surface area contributed by atoms with Crippen molar-refractivity contribution in [3.05, 3.63) is 42.5 Å². The van der Waals surface area contributed by atoms with Gasteiger partial charge in [0.1, 0.15) is 24.1 Å². The van der Waals surface area contributed by atoms with Crippen LogP contribution in [0, 0.1) is 5.41 Å². The lowest BCUT2D eigenvalue weighted by molar-refractivity contribution is -0.274. The van der Waals surface area contributed by atoms with E-state index in [4.69, 9.17) is 0 Å². The molecule has 0 aliphatic carbocycles. The summed E-state index contributed by atoms with van der Waals surface area (Å²) in [5, 5.41) is 3.96. The predicted molar refractivity (Wildman–Crippen MR) is 81.8 cm³/mol. The molecule has 24 heavy (non-hydrogen) atoms. The molecule has 0 aliphatic heterocycles. The van der Waals surface area contributed by atoms with Crippen molar-refractivity contribution in [3.63, 3.8) is 0 Å². The third-order valence-corrected chi connectivity index (χ3v) is 3.00. The maximum absolute atomic E-state index is 12.6. The smallest absolute Gasteiger partial charge is 0.406 e. The summed E-state index contributed by atoms with van der Waals surface area (Å²) in [6.45, 7) is 5.29. The van der Waals surface area contributed by atoms with Gasteiger partial charge < -0.3 is 4.74 Å². The number of alkyl halides is 3. The van der Waals surface area contributed by atoms with Crippen molar-refractivity contribution in [1.29, 1.82) is 0 Å². The summed E-state index contributed by atoms with van der Waals surface area (Å²) in [6.07, 6.45) is -0.522. The number of rotatable bonds is 4. The highest BCUT2D eigenvalue weighted by molar-refractivity contribution is 6.21. The molecule has 128 valence electrons. The Morgan fingerprint density at radius 1 is 1.17 bits per heavy atom. The molecule has 0 bridgehead atoms. The number of carbonyl (C=O) groups excluding carboxylic acids is 1. The molecule has 0 atom stereocenters. The van der Waals surface area contributed by atoms with E-state index in [1.807, 2.05) is 0 Å². The molecule has 2 aromatic rings. The first-order valence-electron chi connectivity index (χ1n) is 7.03. The summed E-state index contributed by atoms with van der Waals surface area (Å²) in [4.78, 5) is 16.4. The summed E-state index contributed by atoms with van der Waals surface area (Å²) in [6, 6.07) is 5.21. The molecule has 1 aromatic heterocycles. The zero-order chi connectivity index (χ0) is 18.0. The second-order valence-corrected chi connectivity index (χ2v) is 6.07. The molecular weight excluding hydrogens is 323 g/mol.